The molecule has 6 heteroatoms. The van der Waals surface area contributed by atoms with E-state index in [0.29, 0.717) is 23.0 Å². The van der Waals surface area contributed by atoms with Crippen molar-refractivity contribution in [3.63, 3.8) is 0 Å². The molecule has 0 spiro atoms. The number of nitrogens with one attached hydrogen (secondary N) is 2. The summed E-state index contributed by atoms with van der Waals surface area (Å²) in [5.74, 6) is 1.66. The van der Waals surface area contributed by atoms with Crippen LogP contribution in [0.3, 0.4) is 0 Å². The van der Waals surface area contributed by atoms with Crippen LogP contribution in [0, 0.1) is 12.8 Å². The molecule has 6 nitrogen and oxygen atoms in total. The van der Waals surface area contributed by atoms with Crippen molar-refractivity contribution in [3.8, 4) is 11.4 Å². The second-order valence-corrected chi connectivity index (χ2v) is 7.59. The van der Waals surface area contributed by atoms with E-state index in [1.165, 1.54) is 5.56 Å². The number of anilines is 1. The van der Waals surface area contributed by atoms with Gasteiger partial charge in [0.05, 0.1) is 0 Å². The Hall–Kier alpha value is -3.28. The second-order valence-electron chi connectivity index (χ2n) is 7.59. The lowest BCUT2D eigenvalue weighted by molar-refractivity contribution is -0.116. The summed E-state index contributed by atoms with van der Waals surface area (Å²) in [6.07, 6.45) is 1.30. The Morgan fingerprint density at radius 1 is 1.07 bits per heavy atom. The lowest BCUT2D eigenvalue weighted by atomic mass is 9.99. The summed E-state index contributed by atoms with van der Waals surface area (Å²) in [5, 5.41) is 9.77. The van der Waals surface area contributed by atoms with E-state index in [9.17, 15) is 9.59 Å². The Morgan fingerprint density at radius 3 is 2.48 bits per heavy atom. The van der Waals surface area contributed by atoms with Crippen molar-refractivity contribution in [1.82, 2.24) is 15.2 Å². The molecule has 1 heterocycles. The molecule has 2 aromatic carbocycles. The number of carbonyl (C=O) groups is 2. The van der Waals surface area contributed by atoms with E-state index in [0.717, 1.165) is 17.8 Å². The number of aromatic amines is 1. The third-order valence-corrected chi connectivity index (χ3v) is 4.50. The lowest BCUT2D eigenvalue weighted by Gasteiger charge is -2.07. The molecule has 3 rings (SSSR count). The Labute approximate surface area is 170 Å². The molecule has 1 aromatic heterocycles. The Kier molecular flexibility index (Phi) is 6.54. The number of hydrogen-bond acceptors (Lipinski definition) is 4. The smallest absolute Gasteiger partial charge is 0.224 e. The molecule has 0 aliphatic heterocycles. The van der Waals surface area contributed by atoms with Crippen LogP contribution in [-0.2, 0) is 11.2 Å². The number of amides is 1. The molecule has 3 aromatic rings. The van der Waals surface area contributed by atoms with Gasteiger partial charge in [0, 0.05) is 29.7 Å². The number of hydrogen-bond donors (Lipinski definition) is 2. The number of nitrogens with zero attached hydrogens (tertiary/aromatic N) is 2. The Balaban J connectivity index is 1.54. The largest absolute Gasteiger partial charge is 0.326 e. The fourth-order valence-electron chi connectivity index (χ4n) is 3.10. The normalized spacial score (nSPS) is 10.9. The van der Waals surface area contributed by atoms with Gasteiger partial charge in [-0.1, -0.05) is 50.2 Å². The van der Waals surface area contributed by atoms with Crippen molar-refractivity contribution in [2.45, 2.75) is 40.0 Å². The predicted octanol–water partition coefficient (Wildman–Crippen LogP) is 4.58. The highest BCUT2D eigenvalue weighted by Gasteiger charge is 2.11. The molecule has 0 saturated heterocycles. The molecule has 29 heavy (non-hydrogen) atoms. The minimum absolute atomic E-state index is 0.0267. The van der Waals surface area contributed by atoms with E-state index in [1.54, 1.807) is 6.07 Å². The maximum atomic E-state index is 12.4. The number of carbonyl (C=O) groups excluding carboxylic acids is 2. The summed E-state index contributed by atoms with van der Waals surface area (Å²) in [5.41, 5.74) is 3.33. The van der Waals surface area contributed by atoms with E-state index in [1.807, 2.05) is 49.4 Å². The van der Waals surface area contributed by atoms with Gasteiger partial charge in [-0.05, 0) is 37.0 Å². The summed E-state index contributed by atoms with van der Waals surface area (Å²) in [7, 11) is 0. The molecule has 0 saturated carbocycles. The highest BCUT2D eigenvalue weighted by molar-refractivity contribution is 6.00. The van der Waals surface area contributed by atoms with Crippen molar-refractivity contribution in [3.05, 3.63) is 65.5 Å². The zero-order chi connectivity index (χ0) is 20.8. The first-order chi connectivity index (χ1) is 13.9. The van der Waals surface area contributed by atoms with Crippen molar-refractivity contribution < 1.29 is 9.59 Å². The number of aryl methyl sites for hydroxylation is 1. The van der Waals surface area contributed by atoms with Gasteiger partial charge in [0.15, 0.2) is 11.6 Å². The van der Waals surface area contributed by atoms with Gasteiger partial charge >= 0.3 is 0 Å². The van der Waals surface area contributed by atoms with Gasteiger partial charge in [0.1, 0.15) is 5.82 Å². The van der Waals surface area contributed by atoms with Crippen molar-refractivity contribution >= 4 is 17.4 Å². The number of H-pyrrole nitrogens is 1. The number of Topliss-reactive ketones (excluding diaryl/α,β-unsaturated/α-hetero) is 1. The minimum Gasteiger partial charge on any atom is -0.326 e. The third-order valence-electron chi connectivity index (χ3n) is 4.50. The number of ketones is 1. The van der Waals surface area contributed by atoms with Gasteiger partial charge in [-0.25, -0.2) is 4.98 Å². The quantitative estimate of drug-likeness (QED) is 0.551. The Bertz CT molecular complexity index is 990. The van der Waals surface area contributed by atoms with Crippen LogP contribution in [0.4, 0.5) is 5.69 Å². The van der Waals surface area contributed by atoms with Crippen molar-refractivity contribution in [2.24, 2.45) is 5.92 Å². The number of benzene rings is 2. The van der Waals surface area contributed by atoms with Gasteiger partial charge in [-0.3, -0.25) is 14.7 Å². The zero-order valence-corrected chi connectivity index (χ0v) is 17.0. The number of aromatic nitrogens is 3. The van der Waals surface area contributed by atoms with Crippen LogP contribution in [0.25, 0.3) is 11.4 Å². The van der Waals surface area contributed by atoms with E-state index in [2.05, 4.69) is 34.3 Å². The first-order valence-electron chi connectivity index (χ1n) is 9.82. The predicted molar refractivity (Wildman–Crippen MR) is 114 cm³/mol. The van der Waals surface area contributed by atoms with Crippen molar-refractivity contribution in [2.75, 3.05) is 5.32 Å². The van der Waals surface area contributed by atoms with Gasteiger partial charge in [0.25, 0.3) is 0 Å². The van der Waals surface area contributed by atoms with Crippen LogP contribution in [0.15, 0.2) is 48.5 Å². The SMILES string of the molecule is Cc1nc(-c2cccc(NC(=O)CCC(=O)c3ccc(CC(C)C)cc3)c2)n[nH]1. The molecule has 0 aliphatic carbocycles. The monoisotopic (exact) mass is 390 g/mol. The average Bonchev–Trinajstić information content (AvgIpc) is 3.13. The molecule has 1 amide bonds. The molecule has 0 unspecified atom stereocenters. The van der Waals surface area contributed by atoms with Crippen LogP contribution in [-0.4, -0.2) is 26.9 Å². The van der Waals surface area contributed by atoms with E-state index in [-0.39, 0.29) is 24.5 Å². The third kappa shape index (κ3) is 5.85. The summed E-state index contributed by atoms with van der Waals surface area (Å²) >= 11 is 0. The molecule has 0 radical (unpaired) electrons. The molecule has 0 atom stereocenters. The molecule has 0 aliphatic rings. The van der Waals surface area contributed by atoms with Crippen LogP contribution in [0.2, 0.25) is 0 Å². The van der Waals surface area contributed by atoms with Crippen LogP contribution < -0.4 is 5.32 Å². The highest BCUT2D eigenvalue weighted by atomic mass is 16.2. The first-order valence-corrected chi connectivity index (χ1v) is 9.82. The molecular weight excluding hydrogens is 364 g/mol. The maximum absolute atomic E-state index is 12.4. The Morgan fingerprint density at radius 2 is 1.83 bits per heavy atom. The van der Waals surface area contributed by atoms with Gasteiger partial charge in [0.2, 0.25) is 5.91 Å². The topological polar surface area (TPSA) is 87.7 Å². The second kappa shape index (κ2) is 9.28. The summed E-state index contributed by atoms with van der Waals surface area (Å²) < 4.78 is 0. The van der Waals surface area contributed by atoms with E-state index >= 15 is 0 Å². The van der Waals surface area contributed by atoms with Gasteiger partial charge < -0.3 is 5.32 Å². The average molecular weight is 390 g/mol. The molecule has 0 fully saturated rings. The standard InChI is InChI=1S/C23H26N4O2/c1-15(2)13-17-7-9-18(10-8-17)21(28)11-12-22(29)25-20-6-4-5-19(14-20)23-24-16(3)26-27-23/h4-10,14-15H,11-13H2,1-3H3,(H,25,29)(H,24,26,27). The number of rotatable bonds is 8. The molecular formula is C23H26N4O2. The zero-order valence-electron chi connectivity index (χ0n) is 17.0. The van der Waals surface area contributed by atoms with Gasteiger partial charge in [-0.2, -0.15) is 5.10 Å². The minimum atomic E-state index is -0.196. The van der Waals surface area contributed by atoms with E-state index in [4.69, 9.17) is 0 Å². The van der Waals surface area contributed by atoms with Crippen LogP contribution in [0.1, 0.15) is 48.4 Å². The summed E-state index contributed by atoms with van der Waals surface area (Å²) in [6.45, 7) is 6.16. The molecule has 150 valence electrons. The van der Waals surface area contributed by atoms with E-state index < -0.39 is 0 Å². The lowest BCUT2D eigenvalue weighted by Crippen LogP contribution is -2.13. The highest BCUT2D eigenvalue weighted by Crippen LogP contribution is 2.19. The van der Waals surface area contributed by atoms with Crippen LogP contribution >= 0.6 is 0 Å². The summed E-state index contributed by atoms with van der Waals surface area (Å²) in [4.78, 5) is 28.9. The van der Waals surface area contributed by atoms with Gasteiger partial charge in [-0.15, -0.1) is 0 Å². The van der Waals surface area contributed by atoms with Crippen LogP contribution in [0.5, 0.6) is 0 Å². The fourth-order valence-corrected chi connectivity index (χ4v) is 3.10. The van der Waals surface area contributed by atoms with Crippen molar-refractivity contribution in [1.29, 1.82) is 0 Å². The molecule has 2 N–H and O–H groups in total. The maximum Gasteiger partial charge on any atom is 0.224 e. The first kappa shape index (κ1) is 20.5. The molecule has 0 bridgehead atoms. The summed E-state index contributed by atoms with van der Waals surface area (Å²) in [6, 6.07) is 15.0. The fraction of sp³-hybridized carbons (Fsp3) is 0.304.